The molecule has 0 aromatic heterocycles. The van der Waals surface area contributed by atoms with Gasteiger partial charge in [0, 0.05) is 5.69 Å². The Labute approximate surface area is 149 Å². The first-order chi connectivity index (χ1) is 11.2. The summed E-state index contributed by atoms with van der Waals surface area (Å²) in [4.78, 5) is 24.0. The van der Waals surface area contributed by atoms with Crippen LogP contribution >= 0.6 is 12.4 Å². The van der Waals surface area contributed by atoms with Gasteiger partial charge in [-0.05, 0) is 43.7 Å². The van der Waals surface area contributed by atoms with Crippen LogP contribution in [0.5, 0.6) is 0 Å². The predicted molar refractivity (Wildman–Crippen MR) is 87.7 cm³/mol. The molecule has 1 aliphatic rings. The molecule has 1 unspecified atom stereocenters. The number of rotatable bonds is 6. The molecule has 0 saturated carbocycles. The maximum Gasteiger partial charge on any atom is 0.341 e. The number of alkyl halides is 2. The van der Waals surface area contributed by atoms with Gasteiger partial charge in [-0.25, -0.2) is 8.42 Å². The van der Waals surface area contributed by atoms with Crippen LogP contribution in [0.25, 0.3) is 0 Å². The molecule has 0 aliphatic carbocycles. The first-order valence-corrected chi connectivity index (χ1v) is 8.65. The number of benzene rings is 1. The van der Waals surface area contributed by atoms with E-state index in [1.807, 2.05) is 0 Å². The molecule has 2 N–H and O–H groups in total. The zero-order chi connectivity index (χ0) is 17.9. The van der Waals surface area contributed by atoms with Gasteiger partial charge in [0.05, 0.1) is 11.4 Å². The number of carbonyl (C=O) groups is 2. The fraction of sp³-hybridized carbons (Fsp3) is 0.429. The molecular formula is C14H17ClF2N2O5S. The molecule has 0 bridgehead atoms. The minimum atomic E-state index is -4.68. The maximum absolute atomic E-state index is 12.4. The van der Waals surface area contributed by atoms with E-state index in [4.69, 9.17) is 5.11 Å². The molecule has 1 saturated heterocycles. The van der Waals surface area contributed by atoms with Gasteiger partial charge in [-0.3, -0.25) is 14.5 Å². The Morgan fingerprint density at radius 2 is 1.88 bits per heavy atom. The van der Waals surface area contributed by atoms with E-state index in [0.717, 1.165) is 12.1 Å². The molecule has 1 fully saturated rings. The monoisotopic (exact) mass is 398 g/mol. The molecule has 1 atom stereocenters. The molecular weight excluding hydrogens is 382 g/mol. The largest absolute Gasteiger partial charge is 0.480 e. The molecule has 1 heterocycles. The van der Waals surface area contributed by atoms with E-state index < -0.39 is 38.4 Å². The third-order valence-corrected chi connectivity index (χ3v) is 5.09. The van der Waals surface area contributed by atoms with Gasteiger partial charge >= 0.3 is 11.7 Å². The summed E-state index contributed by atoms with van der Waals surface area (Å²) in [6.07, 6.45) is 1.16. The molecule has 1 amide bonds. The second kappa shape index (κ2) is 8.54. The molecule has 11 heteroatoms. The summed E-state index contributed by atoms with van der Waals surface area (Å²) in [6, 6.07) is 3.66. The van der Waals surface area contributed by atoms with Crippen LogP contribution in [-0.4, -0.2) is 55.2 Å². The Morgan fingerprint density at radius 3 is 2.40 bits per heavy atom. The molecule has 7 nitrogen and oxygen atoms in total. The number of carboxylic acids is 1. The lowest BCUT2D eigenvalue weighted by atomic mass is 10.2. The number of likely N-dealkylation sites (tertiary alicyclic amines) is 1. The van der Waals surface area contributed by atoms with Crippen molar-refractivity contribution in [2.24, 2.45) is 0 Å². The number of anilines is 1. The summed E-state index contributed by atoms with van der Waals surface area (Å²) in [6.45, 7) is 0.379. The van der Waals surface area contributed by atoms with Gasteiger partial charge < -0.3 is 10.4 Å². The van der Waals surface area contributed by atoms with Crippen LogP contribution in [0.15, 0.2) is 29.2 Å². The van der Waals surface area contributed by atoms with Crippen molar-refractivity contribution in [2.75, 3.05) is 18.4 Å². The number of halogens is 3. The first kappa shape index (κ1) is 21.3. The molecule has 1 aliphatic heterocycles. The van der Waals surface area contributed by atoms with Crippen molar-refractivity contribution < 1.29 is 31.9 Å². The van der Waals surface area contributed by atoms with Gasteiger partial charge in [-0.1, -0.05) is 0 Å². The van der Waals surface area contributed by atoms with Crippen molar-refractivity contribution in [3.63, 3.8) is 0 Å². The molecule has 25 heavy (non-hydrogen) atoms. The van der Waals surface area contributed by atoms with E-state index in [1.54, 1.807) is 0 Å². The van der Waals surface area contributed by atoms with Gasteiger partial charge in [-0.2, -0.15) is 8.78 Å². The average Bonchev–Trinajstić information content (AvgIpc) is 2.95. The fourth-order valence-electron chi connectivity index (χ4n) is 2.51. The van der Waals surface area contributed by atoms with Crippen molar-refractivity contribution >= 4 is 39.8 Å². The molecule has 1 aromatic rings. The third kappa shape index (κ3) is 5.10. The summed E-state index contributed by atoms with van der Waals surface area (Å²) in [5.41, 5.74) is 0.235. The van der Waals surface area contributed by atoms with Crippen molar-refractivity contribution in [2.45, 2.75) is 29.5 Å². The minimum Gasteiger partial charge on any atom is -0.480 e. The van der Waals surface area contributed by atoms with E-state index in [0.29, 0.717) is 19.4 Å². The Hall–Kier alpha value is -1.78. The van der Waals surface area contributed by atoms with E-state index in [-0.39, 0.29) is 24.6 Å². The Bertz CT molecular complexity index is 727. The second-order valence-corrected chi connectivity index (χ2v) is 7.26. The van der Waals surface area contributed by atoms with Crippen molar-refractivity contribution in [1.29, 1.82) is 0 Å². The number of carbonyl (C=O) groups excluding carboxylic acids is 1. The second-order valence-electron chi connectivity index (χ2n) is 5.34. The molecule has 0 radical (unpaired) electrons. The van der Waals surface area contributed by atoms with Gasteiger partial charge in [0.25, 0.3) is 0 Å². The van der Waals surface area contributed by atoms with Crippen LogP contribution < -0.4 is 5.32 Å². The van der Waals surface area contributed by atoms with E-state index in [9.17, 15) is 26.8 Å². The van der Waals surface area contributed by atoms with Gasteiger partial charge in [0.15, 0.2) is 0 Å². The van der Waals surface area contributed by atoms with Gasteiger partial charge in [0.1, 0.15) is 6.04 Å². The highest BCUT2D eigenvalue weighted by atomic mass is 35.5. The summed E-state index contributed by atoms with van der Waals surface area (Å²) in [5, 5.41) is 11.5. The van der Waals surface area contributed by atoms with Crippen LogP contribution in [0.3, 0.4) is 0 Å². The average molecular weight is 399 g/mol. The molecule has 2 rings (SSSR count). The number of aliphatic carboxylic acids is 1. The van der Waals surface area contributed by atoms with Crippen LogP contribution in [0, 0.1) is 0 Å². The SMILES string of the molecule is Cl.O=C(CN1CCCC1C(=O)O)Nc1ccc(S(=O)(=O)C(F)F)cc1. The smallest absolute Gasteiger partial charge is 0.341 e. The lowest BCUT2D eigenvalue weighted by Crippen LogP contribution is -2.40. The third-order valence-electron chi connectivity index (χ3n) is 3.70. The maximum atomic E-state index is 12.4. The standard InChI is InChI=1S/C14H16F2N2O5S.ClH/c15-14(16)24(22,23)10-5-3-9(4-6-10)17-12(19)8-18-7-1-2-11(18)13(20)21;/h3-6,11,14H,1-2,7-8H2,(H,17,19)(H,20,21);1H. The summed E-state index contributed by atoms with van der Waals surface area (Å²) in [5.74, 6) is -4.96. The molecule has 1 aromatic carbocycles. The summed E-state index contributed by atoms with van der Waals surface area (Å²) >= 11 is 0. The highest BCUT2D eigenvalue weighted by Crippen LogP contribution is 2.21. The Balaban J connectivity index is 0.00000312. The van der Waals surface area contributed by atoms with Crippen molar-refractivity contribution in [1.82, 2.24) is 4.90 Å². The zero-order valence-electron chi connectivity index (χ0n) is 12.9. The van der Waals surface area contributed by atoms with Crippen LogP contribution in [0.1, 0.15) is 12.8 Å². The summed E-state index contributed by atoms with van der Waals surface area (Å²) in [7, 11) is -4.68. The predicted octanol–water partition coefficient (Wildman–Crippen LogP) is 1.59. The number of amides is 1. The van der Waals surface area contributed by atoms with Crippen LogP contribution in [0.4, 0.5) is 14.5 Å². The van der Waals surface area contributed by atoms with Crippen LogP contribution in [0.2, 0.25) is 0 Å². The van der Waals surface area contributed by atoms with Gasteiger partial charge in [-0.15, -0.1) is 12.4 Å². The normalized spacial score (nSPS) is 18.0. The number of hydrogen-bond donors (Lipinski definition) is 2. The van der Waals surface area contributed by atoms with Crippen LogP contribution in [-0.2, 0) is 19.4 Å². The van der Waals surface area contributed by atoms with E-state index in [1.165, 1.54) is 17.0 Å². The van der Waals surface area contributed by atoms with Gasteiger partial charge in [0.2, 0.25) is 15.7 Å². The van der Waals surface area contributed by atoms with E-state index in [2.05, 4.69) is 5.32 Å². The van der Waals surface area contributed by atoms with E-state index >= 15 is 0 Å². The Kier molecular flexibility index (Phi) is 7.27. The highest BCUT2D eigenvalue weighted by Gasteiger charge is 2.31. The quantitative estimate of drug-likeness (QED) is 0.754. The minimum absolute atomic E-state index is 0. The highest BCUT2D eigenvalue weighted by molar-refractivity contribution is 7.91. The first-order valence-electron chi connectivity index (χ1n) is 7.10. The molecule has 140 valence electrons. The fourth-order valence-corrected chi connectivity index (χ4v) is 3.23. The number of nitrogens with one attached hydrogen (secondary N) is 1. The molecule has 0 spiro atoms. The van der Waals surface area contributed by atoms with Crippen molar-refractivity contribution in [3.05, 3.63) is 24.3 Å². The topological polar surface area (TPSA) is 104 Å². The lowest BCUT2D eigenvalue weighted by Gasteiger charge is -2.20. The Morgan fingerprint density at radius 1 is 1.28 bits per heavy atom. The van der Waals surface area contributed by atoms with Crippen molar-refractivity contribution in [3.8, 4) is 0 Å². The number of sulfone groups is 1. The number of nitrogens with zero attached hydrogens (tertiary/aromatic N) is 1. The zero-order valence-corrected chi connectivity index (χ0v) is 14.5. The summed E-state index contributed by atoms with van der Waals surface area (Å²) < 4.78 is 47.4. The lowest BCUT2D eigenvalue weighted by molar-refractivity contribution is -0.142. The number of carboxylic acid groups (broad SMARTS) is 1. The number of hydrogen-bond acceptors (Lipinski definition) is 5.